The third kappa shape index (κ3) is 3.59. The fourth-order valence-corrected chi connectivity index (χ4v) is 5.14. The molecule has 0 spiro atoms. The highest BCUT2D eigenvalue weighted by Gasteiger charge is 2.45. The number of nitrogens with zero attached hydrogens (tertiary/aromatic N) is 2. The zero-order valence-electron chi connectivity index (χ0n) is 20.1. The van der Waals surface area contributed by atoms with E-state index in [1.807, 2.05) is 0 Å². The van der Waals surface area contributed by atoms with Crippen molar-refractivity contribution in [1.29, 1.82) is 0 Å². The molecule has 0 fully saturated rings. The van der Waals surface area contributed by atoms with Crippen LogP contribution in [-0.2, 0) is 39.5 Å². The number of aryl methyl sites for hydroxylation is 2. The number of amides is 1. The number of ether oxygens (including phenoxy) is 1. The van der Waals surface area contributed by atoms with Crippen LogP contribution in [0.2, 0.25) is 0 Å². The molecule has 1 unspecified atom stereocenters. The monoisotopic (exact) mass is 494 g/mol. The van der Waals surface area contributed by atoms with Gasteiger partial charge >= 0.3 is 5.97 Å². The van der Waals surface area contributed by atoms with Crippen molar-refractivity contribution in [3.63, 3.8) is 0 Å². The number of hydrogen-bond acceptors (Lipinski definition) is 7. The Balaban J connectivity index is 1.68. The van der Waals surface area contributed by atoms with Crippen LogP contribution in [0.5, 0.6) is 0 Å². The number of cyclic esters (lactones) is 1. The largest absolute Gasteiger partial charge is 0.458 e. The van der Waals surface area contributed by atoms with Crippen LogP contribution in [0.3, 0.4) is 0 Å². The van der Waals surface area contributed by atoms with E-state index in [-0.39, 0.29) is 54.5 Å². The van der Waals surface area contributed by atoms with Crippen molar-refractivity contribution in [2.75, 3.05) is 13.1 Å². The molecule has 3 aromatic rings. The summed E-state index contributed by atoms with van der Waals surface area (Å²) < 4.78 is 21.2. The predicted octanol–water partition coefficient (Wildman–Crippen LogP) is 1.53. The zero-order chi connectivity index (χ0) is 25.8. The highest BCUT2D eigenvalue weighted by Crippen LogP contribution is 2.40. The van der Waals surface area contributed by atoms with E-state index in [0.29, 0.717) is 41.9 Å². The summed E-state index contributed by atoms with van der Waals surface area (Å²) in [6.45, 7) is 3.69. The maximum absolute atomic E-state index is 14.5. The molecule has 0 saturated carbocycles. The Morgan fingerprint density at radius 3 is 2.81 bits per heavy atom. The summed E-state index contributed by atoms with van der Waals surface area (Å²) in [6.07, 6.45) is 1.21. The topological polar surface area (TPSA) is 137 Å². The highest BCUT2D eigenvalue weighted by atomic mass is 19.1. The first-order valence-corrected chi connectivity index (χ1v) is 11.9. The molecule has 1 atom stereocenters. The molecule has 4 N–H and O–H groups in total. The number of esters is 1. The molecule has 2 aliphatic rings. The van der Waals surface area contributed by atoms with Crippen molar-refractivity contribution < 1.29 is 23.8 Å². The van der Waals surface area contributed by atoms with Crippen molar-refractivity contribution in [3.8, 4) is 11.4 Å². The first-order chi connectivity index (χ1) is 17.2. The summed E-state index contributed by atoms with van der Waals surface area (Å²) in [7, 11) is 0. The molecule has 0 bridgehead atoms. The minimum atomic E-state index is -1.92. The number of aliphatic hydroxyl groups is 1. The summed E-state index contributed by atoms with van der Waals surface area (Å²) in [5.41, 5.74) is 7.21. The standard InChI is InChI=1S/C26H27FN4O5/c1-3-26(35)18-8-21-23-16(11-31(21)24(33)17(18)12-36-25(26)34)14(5-4-6-29-22(32)10-28)15-7-13(2)19(27)9-20(15)30-23/h7-9,35H,3-6,10-12,28H2,1-2H3,(H,29,32). The lowest BCUT2D eigenvalue weighted by atomic mass is 9.86. The van der Waals surface area contributed by atoms with Gasteiger partial charge in [-0.15, -0.1) is 0 Å². The molecular formula is C26H27FN4O5. The van der Waals surface area contributed by atoms with Crippen molar-refractivity contribution in [1.82, 2.24) is 14.9 Å². The number of pyridine rings is 2. The summed E-state index contributed by atoms with van der Waals surface area (Å²) >= 11 is 0. The number of nitrogens with one attached hydrogen (secondary N) is 1. The maximum Gasteiger partial charge on any atom is 0.343 e. The summed E-state index contributed by atoms with van der Waals surface area (Å²) in [5.74, 6) is -1.42. The maximum atomic E-state index is 14.5. The molecule has 2 aliphatic heterocycles. The summed E-state index contributed by atoms with van der Waals surface area (Å²) in [4.78, 5) is 42.1. The molecule has 0 saturated heterocycles. The number of fused-ring (bicyclic) bond motifs is 5. The molecular weight excluding hydrogens is 467 g/mol. The minimum Gasteiger partial charge on any atom is -0.458 e. The smallest absolute Gasteiger partial charge is 0.343 e. The average molecular weight is 495 g/mol. The number of nitrogens with two attached hydrogens (primary N) is 1. The Kier molecular flexibility index (Phi) is 5.88. The lowest BCUT2D eigenvalue weighted by molar-refractivity contribution is -0.172. The van der Waals surface area contributed by atoms with Crippen molar-refractivity contribution in [2.24, 2.45) is 5.73 Å². The van der Waals surface area contributed by atoms with E-state index in [0.717, 1.165) is 16.5 Å². The van der Waals surface area contributed by atoms with Crippen LogP contribution < -0.4 is 16.6 Å². The minimum absolute atomic E-state index is 0.0456. The van der Waals surface area contributed by atoms with Crippen molar-refractivity contribution in [2.45, 2.75) is 51.9 Å². The van der Waals surface area contributed by atoms with Gasteiger partial charge in [-0.25, -0.2) is 14.2 Å². The first-order valence-electron chi connectivity index (χ1n) is 11.9. The highest BCUT2D eigenvalue weighted by molar-refractivity contribution is 5.89. The molecule has 5 rings (SSSR count). The molecule has 0 radical (unpaired) electrons. The van der Waals surface area contributed by atoms with Crippen LogP contribution in [0, 0.1) is 12.7 Å². The number of benzene rings is 1. The van der Waals surface area contributed by atoms with Crippen LogP contribution in [0.15, 0.2) is 23.0 Å². The Morgan fingerprint density at radius 2 is 2.08 bits per heavy atom. The number of carbonyl (C=O) groups is 2. The summed E-state index contributed by atoms with van der Waals surface area (Å²) in [5, 5.41) is 14.6. The fraction of sp³-hybridized carbons (Fsp3) is 0.385. The van der Waals surface area contributed by atoms with Gasteiger partial charge in [0.15, 0.2) is 5.60 Å². The van der Waals surface area contributed by atoms with Gasteiger partial charge in [-0.05, 0) is 49.4 Å². The molecule has 10 heteroatoms. The average Bonchev–Trinajstić information content (AvgIpc) is 3.23. The SMILES string of the molecule is CCC1(O)C(=O)OCc2c1cc1n(c2=O)Cc2c-1nc1cc(F)c(C)cc1c2CCCNC(=O)CN. The molecule has 0 aliphatic carbocycles. The van der Waals surface area contributed by atoms with Gasteiger partial charge in [-0.2, -0.15) is 0 Å². The normalized spacial score (nSPS) is 18.0. The Morgan fingerprint density at radius 1 is 1.31 bits per heavy atom. The van der Waals surface area contributed by atoms with E-state index in [1.54, 1.807) is 30.5 Å². The number of hydrogen-bond donors (Lipinski definition) is 3. The van der Waals surface area contributed by atoms with Crippen molar-refractivity contribution in [3.05, 3.63) is 62.2 Å². The van der Waals surface area contributed by atoms with Gasteiger partial charge in [0.2, 0.25) is 5.91 Å². The number of carbonyl (C=O) groups excluding carboxylic acids is 2. The van der Waals surface area contributed by atoms with E-state index >= 15 is 0 Å². The second kappa shape index (κ2) is 8.79. The van der Waals surface area contributed by atoms with Gasteiger partial charge < -0.3 is 25.5 Å². The van der Waals surface area contributed by atoms with Gasteiger partial charge in [0.1, 0.15) is 12.4 Å². The molecule has 4 heterocycles. The predicted molar refractivity (Wildman–Crippen MR) is 130 cm³/mol. The van der Waals surface area contributed by atoms with Crippen molar-refractivity contribution >= 4 is 22.8 Å². The molecule has 2 aromatic heterocycles. The molecule has 36 heavy (non-hydrogen) atoms. The van der Waals surface area contributed by atoms with Gasteiger partial charge in [-0.3, -0.25) is 9.59 Å². The van der Waals surface area contributed by atoms with E-state index in [9.17, 15) is 23.9 Å². The van der Waals surface area contributed by atoms with E-state index in [4.69, 9.17) is 15.5 Å². The lowest BCUT2D eigenvalue weighted by Gasteiger charge is -2.31. The van der Waals surface area contributed by atoms with Crippen LogP contribution in [0.4, 0.5) is 4.39 Å². The van der Waals surface area contributed by atoms with E-state index in [2.05, 4.69) is 5.32 Å². The van der Waals surface area contributed by atoms with E-state index < -0.39 is 11.6 Å². The number of rotatable bonds is 6. The summed E-state index contributed by atoms with van der Waals surface area (Å²) in [6, 6.07) is 4.77. The molecule has 1 amide bonds. The second-order valence-electron chi connectivity index (χ2n) is 9.30. The third-order valence-electron chi connectivity index (χ3n) is 7.20. The van der Waals surface area contributed by atoms with Gasteiger partial charge in [0.05, 0.1) is 35.6 Å². The van der Waals surface area contributed by atoms with Gasteiger partial charge in [0.25, 0.3) is 5.56 Å². The van der Waals surface area contributed by atoms with Crippen LogP contribution in [-0.4, -0.2) is 39.6 Å². The Labute approximate surface area is 206 Å². The van der Waals surface area contributed by atoms with Crippen LogP contribution in [0.1, 0.15) is 47.6 Å². The van der Waals surface area contributed by atoms with Crippen LogP contribution >= 0.6 is 0 Å². The Bertz CT molecular complexity index is 1500. The lowest BCUT2D eigenvalue weighted by Crippen LogP contribution is -2.44. The number of halogens is 1. The van der Waals surface area contributed by atoms with E-state index in [1.165, 1.54) is 6.07 Å². The number of aromatic nitrogens is 2. The quantitative estimate of drug-likeness (QED) is 0.273. The zero-order valence-corrected chi connectivity index (χ0v) is 20.1. The molecule has 188 valence electrons. The van der Waals surface area contributed by atoms with Crippen LogP contribution in [0.25, 0.3) is 22.3 Å². The molecule has 9 nitrogen and oxygen atoms in total. The molecule has 1 aromatic carbocycles. The second-order valence-corrected chi connectivity index (χ2v) is 9.30. The van der Waals surface area contributed by atoms with Gasteiger partial charge in [0, 0.05) is 29.1 Å². The third-order valence-corrected chi connectivity index (χ3v) is 7.20. The fourth-order valence-electron chi connectivity index (χ4n) is 5.14. The Hall–Kier alpha value is -3.63. The van der Waals surface area contributed by atoms with Gasteiger partial charge in [-0.1, -0.05) is 6.92 Å². The first kappa shape index (κ1) is 24.1.